The number of H-pyrrole nitrogens is 1. The van der Waals surface area contributed by atoms with Crippen molar-refractivity contribution >= 4 is 5.71 Å². The van der Waals surface area contributed by atoms with Crippen molar-refractivity contribution in [2.24, 2.45) is 5.16 Å². The number of aromatic nitrogens is 2. The summed E-state index contributed by atoms with van der Waals surface area (Å²) in [7, 11) is 0. The van der Waals surface area contributed by atoms with Gasteiger partial charge in [-0.3, -0.25) is 0 Å². The van der Waals surface area contributed by atoms with Gasteiger partial charge in [0.05, 0.1) is 18.5 Å². The van der Waals surface area contributed by atoms with Crippen LogP contribution < -0.4 is 0 Å². The van der Waals surface area contributed by atoms with Crippen LogP contribution in [-0.2, 0) is 0 Å². The number of rotatable bonds is 5. The van der Waals surface area contributed by atoms with Gasteiger partial charge in [-0.05, 0) is 6.92 Å². The fraction of sp³-hybridized carbons (Fsp3) is 0.556. The molecule has 0 saturated carbocycles. The van der Waals surface area contributed by atoms with Crippen LogP contribution >= 0.6 is 0 Å². The molecule has 0 aliphatic rings. The van der Waals surface area contributed by atoms with E-state index in [0.717, 1.165) is 0 Å². The number of oxime groups is 1. The van der Waals surface area contributed by atoms with Crippen LogP contribution in [0.25, 0.3) is 0 Å². The van der Waals surface area contributed by atoms with Crippen LogP contribution in [0.15, 0.2) is 11.4 Å². The SMILES string of the molecule is C/C(=N\O)c1ncc([C@@H](O)[C@H](O)[C@H](O)CO)[nH]1.O. The van der Waals surface area contributed by atoms with Crippen LogP contribution in [0.1, 0.15) is 24.5 Å². The van der Waals surface area contributed by atoms with E-state index < -0.39 is 24.9 Å². The van der Waals surface area contributed by atoms with E-state index in [1.807, 2.05) is 0 Å². The Kier molecular flexibility index (Phi) is 6.44. The van der Waals surface area contributed by atoms with E-state index in [0.29, 0.717) is 0 Å². The molecule has 1 aromatic heterocycles. The van der Waals surface area contributed by atoms with Crippen LogP contribution in [0.5, 0.6) is 0 Å². The van der Waals surface area contributed by atoms with Crippen molar-refractivity contribution in [2.75, 3.05) is 6.61 Å². The number of imidazole rings is 1. The van der Waals surface area contributed by atoms with E-state index in [-0.39, 0.29) is 22.7 Å². The van der Waals surface area contributed by atoms with Gasteiger partial charge >= 0.3 is 0 Å². The Morgan fingerprint density at radius 1 is 1.44 bits per heavy atom. The lowest BCUT2D eigenvalue weighted by atomic mass is 10.1. The van der Waals surface area contributed by atoms with Crippen molar-refractivity contribution in [1.82, 2.24) is 9.97 Å². The van der Waals surface area contributed by atoms with Crippen molar-refractivity contribution in [2.45, 2.75) is 25.2 Å². The standard InChI is InChI=1S/C9H15N3O5.H2O/c1-4(12-17)9-10-2-5(11-9)7(15)8(16)6(14)3-13;/h2,6-8,13-17H,3H2,1H3,(H,10,11);1H2/b12-4+;/t6-,7-,8-;/m1./s1. The maximum atomic E-state index is 9.66. The molecule has 0 aromatic carbocycles. The summed E-state index contributed by atoms with van der Waals surface area (Å²) in [6, 6.07) is 0. The van der Waals surface area contributed by atoms with Gasteiger partial charge in [0.25, 0.3) is 0 Å². The highest BCUT2D eigenvalue weighted by atomic mass is 16.4. The Morgan fingerprint density at radius 3 is 2.56 bits per heavy atom. The Balaban J connectivity index is 0.00000289. The van der Waals surface area contributed by atoms with E-state index in [9.17, 15) is 10.2 Å². The lowest BCUT2D eigenvalue weighted by Gasteiger charge is -2.20. The molecule has 0 aliphatic carbocycles. The number of aromatic amines is 1. The second-order valence-corrected chi connectivity index (χ2v) is 3.56. The van der Waals surface area contributed by atoms with Gasteiger partial charge in [-0.2, -0.15) is 0 Å². The van der Waals surface area contributed by atoms with Crippen molar-refractivity contribution in [3.05, 3.63) is 17.7 Å². The van der Waals surface area contributed by atoms with Gasteiger partial charge in [-0.15, -0.1) is 0 Å². The Hall–Kier alpha value is -1.52. The van der Waals surface area contributed by atoms with Crippen molar-refractivity contribution in [1.29, 1.82) is 0 Å². The quantitative estimate of drug-likeness (QED) is 0.195. The molecule has 0 spiro atoms. The first-order valence-electron chi connectivity index (χ1n) is 4.90. The summed E-state index contributed by atoms with van der Waals surface area (Å²) in [5.74, 6) is 0.229. The zero-order valence-corrected chi connectivity index (χ0v) is 9.65. The molecule has 0 unspecified atom stereocenters. The van der Waals surface area contributed by atoms with E-state index in [1.54, 1.807) is 0 Å². The topological polar surface area (TPSA) is 174 Å². The third kappa shape index (κ3) is 3.48. The summed E-state index contributed by atoms with van der Waals surface area (Å²) < 4.78 is 0. The minimum atomic E-state index is -1.54. The lowest BCUT2D eigenvalue weighted by molar-refractivity contribution is -0.0788. The zero-order chi connectivity index (χ0) is 13.0. The first-order valence-corrected chi connectivity index (χ1v) is 4.90. The number of hydrogen-bond donors (Lipinski definition) is 6. The molecule has 0 radical (unpaired) electrons. The molecule has 1 heterocycles. The van der Waals surface area contributed by atoms with Crippen LogP contribution in [0.2, 0.25) is 0 Å². The third-order valence-corrected chi connectivity index (χ3v) is 2.31. The molecule has 8 N–H and O–H groups in total. The van der Waals surface area contributed by atoms with Crippen LogP contribution in [0.4, 0.5) is 0 Å². The highest BCUT2D eigenvalue weighted by Gasteiger charge is 2.27. The van der Waals surface area contributed by atoms with E-state index in [2.05, 4.69) is 15.1 Å². The maximum Gasteiger partial charge on any atom is 0.155 e. The summed E-state index contributed by atoms with van der Waals surface area (Å²) in [4.78, 5) is 6.43. The lowest BCUT2D eigenvalue weighted by Crippen LogP contribution is -2.34. The van der Waals surface area contributed by atoms with Gasteiger partial charge in [-0.1, -0.05) is 5.16 Å². The molecule has 0 fully saturated rings. The van der Waals surface area contributed by atoms with E-state index in [4.69, 9.17) is 15.4 Å². The Labute approximate surface area is 102 Å². The largest absolute Gasteiger partial charge is 0.412 e. The monoisotopic (exact) mass is 263 g/mol. The van der Waals surface area contributed by atoms with Gasteiger partial charge in [-0.25, -0.2) is 4.98 Å². The summed E-state index contributed by atoms with van der Waals surface area (Å²) in [5, 5.41) is 48.3. The second kappa shape index (κ2) is 7.03. The summed E-state index contributed by atoms with van der Waals surface area (Å²) >= 11 is 0. The predicted octanol–water partition coefficient (Wildman–Crippen LogP) is -2.47. The summed E-state index contributed by atoms with van der Waals surface area (Å²) in [6.07, 6.45) is -3.18. The van der Waals surface area contributed by atoms with Crippen molar-refractivity contribution in [3.63, 3.8) is 0 Å². The third-order valence-electron chi connectivity index (χ3n) is 2.31. The fourth-order valence-electron chi connectivity index (χ4n) is 1.22. The minimum Gasteiger partial charge on any atom is -0.412 e. The van der Waals surface area contributed by atoms with Crippen molar-refractivity contribution < 1.29 is 31.1 Å². The number of nitrogens with one attached hydrogen (secondary N) is 1. The molecular formula is C9H17N3O6. The Bertz CT molecular complexity index is 393. The minimum absolute atomic E-state index is 0. The molecule has 3 atom stereocenters. The number of hydrogen-bond acceptors (Lipinski definition) is 7. The van der Waals surface area contributed by atoms with Gasteiger partial charge in [0.15, 0.2) is 5.82 Å². The zero-order valence-electron chi connectivity index (χ0n) is 9.65. The number of aliphatic hydroxyl groups is 4. The number of nitrogens with zero attached hydrogens (tertiary/aromatic N) is 2. The molecule has 0 aliphatic heterocycles. The molecule has 9 heteroatoms. The van der Waals surface area contributed by atoms with Crippen LogP contribution in [0, 0.1) is 0 Å². The molecule has 1 rings (SSSR count). The highest BCUT2D eigenvalue weighted by Crippen LogP contribution is 2.17. The molecule has 0 amide bonds. The molecule has 104 valence electrons. The number of aliphatic hydroxyl groups excluding tert-OH is 4. The summed E-state index contributed by atoms with van der Waals surface area (Å²) in [6.45, 7) is 0.824. The Morgan fingerprint density at radius 2 is 2.06 bits per heavy atom. The van der Waals surface area contributed by atoms with Gasteiger partial charge in [0.2, 0.25) is 0 Å². The highest BCUT2D eigenvalue weighted by molar-refractivity contribution is 5.94. The molecule has 9 nitrogen and oxygen atoms in total. The van der Waals surface area contributed by atoms with Crippen LogP contribution in [-0.4, -0.2) is 65.6 Å². The maximum absolute atomic E-state index is 9.66. The second-order valence-electron chi connectivity index (χ2n) is 3.56. The van der Waals surface area contributed by atoms with E-state index >= 15 is 0 Å². The van der Waals surface area contributed by atoms with Gasteiger partial charge < -0.3 is 36.1 Å². The van der Waals surface area contributed by atoms with Gasteiger partial charge in [0, 0.05) is 0 Å². The predicted molar refractivity (Wildman–Crippen MR) is 60.3 cm³/mol. The van der Waals surface area contributed by atoms with E-state index in [1.165, 1.54) is 13.1 Å². The smallest absolute Gasteiger partial charge is 0.155 e. The van der Waals surface area contributed by atoms with Crippen LogP contribution in [0.3, 0.4) is 0 Å². The molecular weight excluding hydrogens is 246 g/mol. The molecule has 0 bridgehead atoms. The van der Waals surface area contributed by atoms with Crippen molar-refractivity contribution in [3.8, 4) is 0 Å². The average molecular weight is 263 g/mol. The average Bonchev–Trinajstić information content (AvgIpc) is 2.84. The first-order chi connectivity index (χ1) is 8.01. The molecule has 18 heavy (non-hydrogen) atoms. The summed E-state index contributed by atoms with van der Waals surface area (Å²) in [5.41, 5.74) is 0.351. The first kappa shape index (κ1) is 16.5. The fourth-order valence-corrected chi connectivity index (χ4v) is 1.22. The normalized spacial score (nSPS) is 16.8. The molecule has 0 saturated heterocycles. The van der Waals surface area contributed by atoms with Gasteiger partial charge in [0.1, 0.15) is 24.0 Å². The molecule has 1 aromatic rings.